The average molecular weight is 777 g/mol. The number of piperidine rings is 2. The molecule has 0 radical (unpaired) electrons. The predicted octanol–water partition coefficient (Wildman–Crippen LogP) is 6.88. The number of methoxy groups -OCH3 is 2. The lowest BCUT2D eigenvalue weighted by molar-refractivity contribution is -0.386. The van der Waals surface area contributed by atoms with Crippen LogP contribution in [-0.4, -0.2) is 86.1 Å². The van der Waals surface area contributed by atoms with Crippen LogP contribution in [0, 0.1) is 42.9 Å². The molecule has 2 heterocycles. The Kier molecular flexibility index (Phi) is 11.3. The van der Waals surface area contributed by atoms with E-state index < -0.39 is 43.8 Å². The molecule has 6 rings (SSSR count). The highest BCUT2D eigenvalue weighted by molar-refractivity contribution is 5.92. The number of aryl methyl sites for hydroxylation is 2. The first kappa shape index (κ1) is 41.1. The molecule has 2 fully saturated rings. The first-order chi connectivity index (χ1) is 26.4. The molecule has 304 valence electrons. The number of carbonyl (C=O) groups is 2. The molecule has 14 heteroatoms. The van der Waals surface area contributed by atoms with Gasteiger partial charge in [0.15, 0.2) is 11.5 Å². The van der Waals surface area contributed by atoms with Crippen molar-refractivity contribution in [2.75, 3.05) is 54.5 Å². The summed E-state index contributed by atoms with van der Waals surface area (Å²) in [6.45, 7) is 11.4. The molecular weight excluding hydrogens is 720 g/mol. The van der Waals surface area contributed by atoms with E-state index >= 15 is 0 Å². The number of likely N-dealkylation sites (tertiary alicyclic amines) is 2. The third kappa shape index (κ3) is 7.03. The van der Waals surface area contributed by atoms with E-state index in [4.69, 9.17) is 18.9 Å². The Hall–Kier alpha value is -4.56. The van der Waals surface area contributed by atoms with E-state index in [2.05, 4.69) is 51.6 Å². The highest BCUT2D eigenvalue weighted by atomic mass is 16.6. The monoisotopic (exact) mass is 776 g/mol. The Bertz CT molecular complexity index is 1780. The lowest BCUT2D eigenvalue weighted by atomic mass is 9.56. The van der Waals surface area contributed by atoms with Gasteiger partial charge in [-0.15, -0.1) is 0 Å². The van der Waals surface area contributed by atoms with Gasteiger partial charge in [-0.25, -0.2) is 9.59 Å². The van der Waals surface area contributed by atoms with Crippen LogP contribution >= 0.6 is 0 Å². The first-order valence-electron chi connectivity index (χ1n) is 19.6. The Morgan fingerprint density at radius 1 is 0.661 bits per heavy atom. The minimum absolute atomic E-state index is 0.0930. The molecule has 2 saturated heterocycles. The number of fused-ring (bicyclic) bond motifs is 2. The van der Waals surface area contributed by atoms with Gasteiger partial charge in [-0.3, -0.25) is 20.2 Å². The zero-order chi connectivity index (χ0) is 40.8. The minimum atomic E-state index is -1.18. The number of hydrogen-bond acceptors (Lipinski definition) is 12. The summed E-state index contributed by atoms with van der Waals surface area (Å²) in [7, 11) is 6.89. The van der Waals surface area contributed by atoms with Crippen molar-refractivity contribution in [3.8, 4) is 11.5 Å². The van der Waals surface area contributed by atoms with Crippen molar-refractivity contribution in [3.05, 3.63) is 78.9 Å². The second-order valence-corrected chi connectivity index (χ2v) is 17.4. The average Bonchev–Trinajstić information content (AvgIpc) is 3.15. The second kappa shape index (κ2) is 15.4. The van der Waals surface area contributed by atoms with Crippen molar-refractivity contribution >= 4 is 23.3 Å². The van der Waals surface area contributed by atoms with Crippen LogP contribution in [0.25, 0.3) is 0 Å². The summed E-state index contributed by atoms with van der Waals surface area (Å²) < 4.78 is 24.4. The van der Waals surface area contributed by atoms with E-state index in [9.17, 15) is 29.8 Å². The fourth-order valence-corrected chi connectivity index (χ4v) is 10.4. The largest absolute Gasteiger partial charge is 0.490 e. The van der Waals surface area contributed by atoms with Crippen LogP contribution in [0.4, 0.5) is 11.4 Å². The fourth-order valence-electron chi connectivity index (χ4n) is 10.4. The SMILES string of the molecule is COc1cc2c(cc1[N+](=O)[O-])CCC(C)(C)C2(OC(=O)/C=C/C(=O)OC1(C2CCN(C)CC2)c2cc(OC)c([N+](=O)[O-])cc2CCC1(C)C)C1CCN(C)CC1. The molecule has 0 spiro atoms. The Morgan fingerprint density at radius 3 is 1.30 bits per heavy atom. The summed E-state index contributed by atoms with van der Waals surface area (Å²) in [5, 5.41) is 24.1. The van der Waals surface area contributed by atoms with Crippen LogP contribution in [0.15, 0.2) is 36.4 Å². The Balaban J connectivity index is 1.40. The smallest absolute Gasteiger partial charge is 0.331 e. The van der Waals surface area contributed by atoms with Crippen LogP contribution in [0.3, 0.4) is 0 Å². The zero-order valence-corrected chi connectivity index (χ0v) is 34.0. The summed E-state index contributed by atoms with van der Waals surface area (Å²) in [5.74, 6) is -1.50. The molecular formula is C42H56N4O10. The number of hydrogen-bond donors (Lipinski definition) is 0. The lowest BCUT2D eigenvalue weighted by Gasteiger charge is -2.55. The molecule has 2 unspecified atom stereocenters. The summed E-state index contributed by atoms with van der Waals surface area (Å²) in [6, 6.07) is 6.43. The van der Waals surface area contributed by atoms with Crippen molar-refractivity contribution in [2.24, 2.45) is 22.7 Å². The van der Waals surface area contributed by atoms with Crippen molar-refractivity contribution in [2.45, 2.75) is 90.3 Å². The van der Waals surface area contributed by atoms with Gasteiger partial charge in [0.05, 0.1) is 24.1 Å². The zero-order valence-electron chi connectivity index (χ0n) is 34.0. The maximum Gasteiger partial charge on any atom is 0.331 e. The molecule has 4 aliphatic rings. The molecule has 14 nitrogen and oxygen atoms in total. The fraction of sp³-hybridized carbons (Fsp3) is 0.619. The number of nitro groups is 2. The van der Waals surface area contributed by atoms with Gasteiger partial charge in [-0.05, 0) is 115 Å². The number of benzene rings is 2. The molecule has 2 aromatic rings. The van der Waals surface area contributed by atoms with Crippen molar-refractivity contribution in [3.63, 3.8) is 0 Å². The van der Waals surface area contributed by atoms with Crippen LogP contribution < -0.4 is 9.47 Å². The molecule has 0 bridgehead atoms. The maximum absolute atomic E-state index is 14.2. The van der Waals surface area contributed by atoms with Gasteiger partial charge in [0.2, 0.25) is 0 Å². The Morgan fingerprint density at radius 2 is 1.00 bits per heavy atom. The number of carbonyl (C=O) groups excluding carboxylic acids is 2. The number of ether oxygens (including phenoxy) is 4. The third-order valence-electron chi connectivity index (χ3n) is 13.5. The molecule has 0 N–H and O–H groups in total. The van der Waals surface area contributed by atoms with Crippen molar-refractivity contribution < 1.29 is 38.4 Å². The number of nitrogens with zero attached hydrogens (tertiary/aromatic N) is 4. The highest BCUT2D eigenvalue weighted by Gasteiger charge is 2.60. The van der Waals surface area contributed by atoms with E-state index in [1.165, 1.54) is 14.2 Å². The number of esters is 2. The quantitative estimate of drug-likeness (QED) is 0.107. The van der Waals surface area contributed by atoms with Crippen LogP contribution in [-0.2, 0) is 43.1 Å². The molecule has 56 heavy (non-hydrogen) atoms. The van der Waals surface area contributed by atoms with Crippen molar-refractivity contribution in [1.82, 2.24) is 9.80 Å². The summed E-state index contributed by atoms with van der Waals surface area (Å²) in [6.07, 6.45) is 7.52. The second-order valence-electron chi connectivity index (χ2n) is 17.4. The van der Waals surface area contributed by atoms with Gasteiger partial charge in [0, 0.05) is 58.1 Å². The lowest BCUT2D eigenvalue weighted by Crippen LogP contribution is -2.56. The van der Waals surface area contributed by atoms with E-state index in [1.807, 2.05) is 0 Å². The van der Waals surface area contributed by atoms with E-state index in [0.717, 1.165) is 75.1 Å². The van der Waals surface area contributed by atoms with Gasteiger partial charge in [-0.2, -0.15) is 0 Å². The number of nitro benzene ring substituents is 2. The van der Waals surface area contributed by atoms with Crippen LogP contribution in [0.1, 0.15) is 88.5 Å². The summed E-state index contributed by atoms with van der Waals surface area (Å²) in [4.78, 5) is 56.0. The topological polar surface area (TPSA) is 164 Å². The van der Waals surface area contributed by atoms with Crippen LogP contribution in [0.2, 0.25) is 0 Å². The first-order valence-corrected chi connectivity index (χ1v) is 19.6. The molecule has 2 aromatic carbocycles. The predicted molar refractivity (Wildman–Crippen MR) is 209 cm³/mol. The van der Waals surface area contributed by atoms with Crippen LogP contribution in [0.5, 0.6) is 11.5 Å². The third-order valence-corrected chi connectivity index (χ3v) is 13.5. The van der Waals surface area contributed by atoms with Gasteiger partial charge in [-0.1, -0.05) is 27.7 Å². The van der Waals surface area contributed by atoms with Gasteiger partial charge in [0.25, 0.3) is 0 Å². The summed E-state index contributed by atoms with van der Waals surface area (Å²) >= 11 is 0. The molecule has 2 atom stereocenters. The standard InChI is InChI=1S/C42H56N4O10/c1-39(2)17-11-27-23-33(45(49)50)35(53-7)25-31(27)41(39,29-13-19-43(5)20-14-29)55-37(47)9-10-38(48)56-42(30-15-21-44(6)22-16-30)32-26-36(54-8)34(46(51)52)24-28(32)12-18-40(42,3)4/h9-10,23-26,29-30H,11-22H2,1-8H3/b10-9+. The van der Waals surface area contributed by atoms with Gasteiger partial charge >= 0.3 is 23.3 Å². The number of rotatable bonds is 10. The summed E-state index contributed by atoms with van der Waals surface area (Å²) in [5.41, 5.74) is -0.948. The normalized spacial score (nSPS) is 25.5. The van der Waals surface area contributed by atoms with Crippen molar-refractivity contribution in [1.29, 1.82) is 0 Å². The molecule has 0 amide bonds. The molecule has 0 aromatic heterocycles. The minimum Gasteiger partial charge on any atom is -0.490 e. The van der Waals surface area contributed by atoms with Gasteiger partial charge in [0.1, 0.15) is 11.2 Å². The molecule has 2 aliphatic heterocycles. The molecule has 2 aliphatic carbocycles. The van der Waals surface area contributed by atoms with E-state index in [0.29, 0.717) is 36.8 Å². The highest BCUT2D eigenvalue weighted by Crippen LogP contribution is 2.60. The maximum atomic E-state index is 14.2. The van der Waals surface area contributed by atoms with Gasteiger partial charge < -0.3 is 28.7 Å². The van der Waals surface area contributed by atoms with E-state index in [-0.39, 0.29) is 34.7 Å². The Labute approximate surface area is 328 Å². The van der Waals surface area contributed by atoms with E-state index in [1.54, 1.807) is 24.3 Å². The molecule has 0 saturated carbocycles.